The summed E-state index contributed by atoms with van der Waals surface area (Å²) in [5.41, 5.74) is 0. The Morgan fingerprint density at radius 2 is 1.11 bits per heavy atom. The van der Waals surface area contributed by atoms with Crippen LogP contribution in [0.3, 0.4) is 0 Å². The third kappa shape index (κ3) is 1.90. The molecule has 6 nitrogen and oxygen atoms in total. The summed E-state index contributed by atoms with van der Waals surface area (Å²) in [6.07, 6.45) is 15.5. The maximum absolute atomic E-state index is 6.40. The second kappa shape index (κ2) is 5.01. The van der Waals surface area contributed by atoms with E-state index in [1.807, 2.05) is 32.3 Å². The van der Waals surface area contributed by atoms with Crippen LogP contribution < -0.4 is 0 Å². The van der Waals surface area contributed by atoms with E-state index in [4.69, 9.17) is 20.2 Å². The molecule has 0 N–H and O–H groups in total. The van der Waals surface area contributed by atoms with Gasteiger partial charge in [0.05, 0.1) is 0 Å². The second-order valence-electron chi connectivity index (χ2n) is 3.66. The van der Waals surface area contributed by atoms with E-state index in [-0.39, 0.29) is 0 Å². The normalized spacial score (nSPS) is 12.6. The summed E-state index contributed by atoms with van der Waals surface area (Å²) in [6.45, 7) is 0. The molecule has 0 radical (unpaired) electrons. The molecule has 0 unspecified atom stereocenters. The van der Waals surface area contributed by atoms with Crippen LogP contribution in [0.4, 0.5) is 0 Å². The zero-order valence-electron chi connectivity index (χ0n) is 9.51. The first-order valence-corrected chi connectivity index (χ1v) is 9.08. The molecule has 0 saturated heterocycles. The Morgan fingerprint density at radius 3 is 1.32 bits per heavy atom. The van der Waals surface area contributed by atoms with E-state index in [1.165, 1.54) is 0 Å². The molecular weight excluding hydrogens is 330 g/mol. The fourth-order valence-electron chi connectivity index (χ4n) is 1.90. The SMILES string of the molecule is [Cl][Mn]([Cl])[C](n1ccnc1)(n1ccnc1)n1ccnc1. The van der Waals surface area contributed by atoms with E-state index >= 15 is 0 Å². The van der Waals surface area contributed by atoms with E-state index in [2.05, 4.69) is 15.0 Å². The third-order valence-electron chi connectivity index (χ3n) is 2.69. The van der Waals surface area contributed by atoms with Crippen molar-refractivity contribution in [3.05, 3.63) is 56.2 Å². The van der Waals surface area contributed by atoms with Crippen molar-refractivity contribution >= 4 is 20.2 Å². The monoisotopic (exact) mass is 338 g/mol. The Kier molecular flexibility index (Phi) is 3.36. The predicted octanol–water partition coefficient (Wildman–Crippen LogP) is 1.87. The van der Waals surface area contributed by atoms with Crippen LogP contribution in [-0.4, -0.2) is 28.7 Å². The van der Waals surface area contributed by atoms with Crippen molar-refractivity contribution in [2.45, 2.75) is 4.69 Å². The van der Waals surface area contributed by atoms with Gasteiger partial charge in [0.1, 0.15) is 0 Å². The number of rotatable bonds is 4. The number of hydrogen-bond acceptors (Lipinski definition) is 3. The van der Waals surface area contributed by atoms with Crippen LogP contribution in [-0.2, 0) is 16.8 Å². The molecule has 3 aromatic rings. The minimum absolute atomic E-state index is 0.834. The van der Waals surface area contributed by atoms with Gasteiger partial charge in [0, 0.05) is 0 Å². The van der Waals surface area contributed by atoms with Crippen LogP contribution in [0.1, 0.15) is 0 Å². The topological polar surface area (TPSA) is 53.5 Å². The molecule has 0 amide bonds. The van der Waals surface area contributed by atoms with Crippen LogP contribution in [0, 0.1) is 0 Å². The van der Waals surface area contributed by atoms with Gasteiger partial charge in [0.2, 0.25) is 0 Å². The zero-order chi connectivity index (χ0) is 13.3. The van der Waals surface area contributed by atoms with Crippen molar-refractivity contribution in [1.82, 2.24) is 28.7 Å². The minimum atomic E-state index is -1.91. The van der Waals surface area contributed by atoms with E-state index in [0.29, 0.717) is 0 Å². The molecule has 0 atom stereocenters. The molecule has 0 bridgehead atoms. The van der Waals surface area contributed by atoms with Crippen LogP contribution in [0.15, 0.2) is 56.2 Å². The number of nitrogens with zero attached hydrogens (tertiary/aromatic N) is 6. The molecule has 0 aliphatic carbocycles. The number of imidazole rings is 3. The first-order chi connectivity index (χ1) is 9.26. The average molecular weight is 339 g/mol. The Hall–Kier alpha value is -1.27. The summed E-state index contributed by atoms with van der Waals surface area (Å²) in [5, 5.41) is 0. The fourth-order valence-corrected chi connectivity index (χ4v) is 4.89. The van der Waals surface area contributed by atoms with Gasteiger partial charge in [-0.25, -0.2) is 0 Å². The van der Waals surface area contributed by atoms with Gasteiger partial charge in [-0.15, -0.1) is 0 Å². The number of hydrogen-bond donors (Lipinski definition) is 0. The van der Waals surface area contributed by atoms with E-state index in [0.717, 1.165) is 0 Å². The molecule has 0 spiro atoms. The summed E-state index contributed by atoms with van der Waals surface area (Å²) < 4.78 is 4.72. The quantitative estimate of drug-likeness (QED) is 0.682. The molecule has 0 saturated carbocycles. The maximum atomic E-state index is 6.40. The van der Waals surface area contributed by atoms with E-state index in [9.17, 15) is 0 Å². The second-order valence-corrected chi connectivity index (χ2v) is 8.03. The Balaban J connectivity index is 2.30. The van der Waals surface area contributed by atoms with Crippen LogP contribution >= 0.6 is 20.2 Å². The van der Waals surface area contributed by atoms with Crippen molar-refractivity contribution in [1.29, 1.82) is 0 Å². The van der Waals surface area contributed by atoms with E-state index < -0.39 is 16.8 Å². The molecule has 0 aliphatic heterocycles. The Bertz CT molecular complexity index is 535. The third-order valence-corrected chi connectivity index (χ3v) is 5.78. The molecular formula is C10H9Cl2MnN6. The van der Waals surface area contributed by atoms with Gasteiger partial charge in [-0.1, -0.05) is 0 Å². The summed E-state index contributed by atoms with van der Waals surface area (Å²) in [6, 6.07) is 0. The Labute approximate surface area is 122 Å². The van der Waals surface area contributed by atoms with Gasteiger partial charge in [-0.05, 0) is 0 Å². The first kappa shape index (κ1) is 12.7. The molecule has 3 aromatic heterocycles. The van der Waals surface area contributed by atoms with Gasteiger partial charge in [-0.2, -0.15) is 0 Å². The fraction of sp³-hybridized carbons (Fsp3) is 0.100. The van der Waals surface area contributed by atoms with Crippen LogP contribution in [0.2, 0.25) is 0 Å². The molecule has 0 fully saturated rings. The molecule has 0 aromatic carbocycles. The van der Waals surface area contributed by atoms with Crippen molar-refractivity contribution in [2.75, 3.05) is 0 Å². The summed E-state index contributed by atoms with van der Waals surface area (Å²) in [7, 11) is 12.8. The average Bonchev–Trinajstić information content (AvgIpc) is 3.15. The molecule has 0 aliphatic rings. The van der Waals surface area contributed by atoms with Gasteiger partial charge < -0.3 is 0 Å². The zero-order valence-corrected chi connectivity index (χ0v) is 12.2. The van der Waals surface area contributed by atoms with Gasteiger partial charge >= 0.3 is 122 Å². The molecule has 9 heteroatoms. The van der Waals surface area contributed by atoms with Crippen molar-refractivity contribution in [2.24, 2.45) is 0 Å². The van der Waals surface area contributed by atoms with Crippen LogP contribution in [0.5, 0.6) is 0 Å². The summed E-state index contributed by atoms with van der Waals surface area (Å²) >= 11 is -1.91. The van der Waals surface area contributed by atoms with Crippen LogP contribution in [0.25, 0.3) is 0 Å². The van der Waals surface area contributed by atoms with Gasteiger partial charge in [0.15, 0.2) is 0 Å². The van der Waals surface area contributed by atoms with Gasteiger partial charge in [0.25, 0.3) is 0 Å². The molecule has 3 rings (SSSR count). The predicted molar refractivity (Wildman–Crippen MR) is 67.2 cm³/mol. The van der Waals surface area contributed by atoms with Crippen molar-refractivity contribution in [3.63, 3.8) is 0 Å². The number of halogens is 2. The summed E-state index contributed by atoms with van der Waals surface area (Å²) in [4.78, 5) is 12.3. The van der Waals surface area contributed by atoms with Crippen molar-refractivity contribution in [3.8, 4) is 0 Å². The summed E-state index contributed by atoms with van der Waals surface area (Å²) in [5.74, 6) is 0. The number of aromatic nitrogens is 6. The Morgan fingerprint density at radius 1 is 0.737 bits per heavy atom. The molecule has 100 valence electrons. The molecule has 3 heterocycles. The van der Waals surface area contributed by atoms with Gasteiger partial charge in [-0.3, -0.25) is 0 Å². The molecule has 19 heavy (non-hydrogen) atoms. The first-order valence-electron chi connectivity index (χ1n) is 5.24. The van der Waals surface area contributed by atoms with Crippen molar-refractivity contribution < 1.29 is 12.1 Å². The standard InChI is InChI=1S/C10H9N6.2ClH.Mn/c1-4-14(7-11-1)10(15-5-2-12-8-15)16-6-3-13-9-16;;;/h1-9H;2*1H;/q;;;+2/p-2. The van der Waals surface area contributed by atoms with E-state index in [1.54, 1.807) is 37.6 Å².